The largest absolute Gasteiger partial charge is 0.353 e. The number of hydrogen-bond acceptors (Lipinski definition) is 4. The highest BCUT2D eigenvalue weighted by molar-refractivity contribution is 6.09. The van der Waals surface area contributed by atoms with Crippen molar-refractivity contribution in [2.45, 2.75) is 33.0 Å². The van der Waals surface area contributed by atoms with Crippen LogP contribution in [0.25, 0.3) is 0 Å². The Labute approximate surface area is 124 Å². The highest BCUT2D eigenvalue weighted by atomic mass is 16.7. The number of hydrogen-bond donors (Lipinski definition) is 0. The summed E-state index contributed by atoms with van der Waals surface area (Å²) in [5.74, 6) is -0.390. The van der Waals surface area contributed by atoms with E-state index in [1.54, 1.807) is 6.07 Å². The number of fused-ring (bicyclic) bond motifs is 1. The minimum atomic E-state index is -0.377. The smallest absolute Gasteiger partial charge is 0.260 e. The monoisotopic (exact) mass is 291 g/mol. The predicted molar refractivity (Wildman–Crippen MR) is 77.8 cm³/mol. The Balaban J connectivity index is 2.03. The standard InChI is InChI=1S/C16H21NO4/c1-3-20-15(21-4-2)9-10-17-14(18)11-12-7-5-6-8-13(12)16(17)19/h5-8,15H,3-4,9-11H2,1-2H3. The first kappa shape index (κ1) is 15.7. The van der Waals surface area contributed by atoms with E-state index in [1.165, 1.54) is 4.90 Å². The first-order valence-electron chi connectivity index (χ1n) is 7.33. The fraction of sp³-hybridized carbons (Fsp3) is 0.500. The Bertz CT molecular complexity index is 509. The highest BCUT2D eigenvalue weighted by Crippen LogP contribution is 2.20. The van der Waals surface area contributed by atoms with E-state index in [-0.39, 0.29) is 24.5 Å². The van der Waals surface area contributed by atoms with Crippen molar-refractivity contribution in [1.29, 1.82) is 0 Å². The van der Waals surface area contributed by atoms with Crippen LogP contribution in [0, 0.1) is 0 Å². The molecule has 0 radical (unpaired) electrons. The average Bonchev–Trinajstić information content (AvgIpc) is 2.47. The maximum Gasteiger partial charge on any atom is 0.260 e. The van der Waals surface area contributed by atoms with Gasteiger partial charge in [-0.3, -0.25) is 14.5 Å². The Kier molecular flexibility index (Phi) is 5.47. The van der Waals surface area contributed by atoms with Gasteiger partial charge in [-0.05, 0) is 25.5 Å². The summed E-state index contributed by atoms with van der Waals surface area (Å²) in [6.07, 6.45) is 0.384. The van der Waals surface area contributed by atoms with Crippen LogP contribution in [0.5, 0.6) is 0 Å². The van der Waals surface area contributed by atoms with Gasteiger partial charge >= 0.3 is 0 Å². The van der Waals surface area contributed by atoms with Gasteiger partial charge in [-0.15, -0.1) is 0 Å². The molecule has 1 aromatic rings. The highest BCUT2D eigenvalue weighted by Gasteiger charge is 2.30. The molecule has 0 atom stereocenters. The molecule has 1 heterocycles. The van der Waals surface area contributed by atoms with Crippen molar-refractivity contribution >= 4 is 11.8 Å². The fourth-order valence-corrected chi connectivity index (χ4v) is 2.45. The number of nitrogens with zero attached hydrogens (tertiary/aromatic N) is 1. The number of benzene rings is 1. The second kappa shape index (κ2) is 7.33. The van der Waals surface area contributed by atoms with Gasteiger partial charge in [-0.25, -0.2) is 0 Å². The average molecular weight is 291 g/mol. The second-order valence-corrected chi connectivity index (χ2v) is 4.81. The molecule has 0 spiro atoms. The van der Waals surface area contributed by atoms with Gasteiger partial charge in [0.15, 0.2) is 6.29 Å². The van der Waals surface area contributed by atoms with Gasteiger partial charge in [0.1, 0.15) is 0 Å². The van der Waals surface area contributed by atoms with Crippen LogP contribution in [0.2, 0.25) is 0 Å². The molecule has 0 unspecified atom stereocenters. The lowest BCUT2D eigenvalue weighted by Gasteiger charge is -2.28. The molecule has 0 aromatic heterocycles. The van der Waals surface area contributed by atoms with Crippen molar-refractivity contribution in [2.75, 3.05) is 19.8 Å². The number of imide groups is 1. The van der Waals surface area contributed by atoms with E-state index in [9.17, 15) is 9.59 Å². The number of rotatable bonds is 7. The Hall–Kier alpha value is -1.72. The normalized spacial score (nSPS) is 14.7. The van der Waals surface area contributed by atoms with Gasteiger partial charge in [0, 0.05) is 31.7 Å². The summed E-state index contributed by atoms with van der Waals surface area (Å²) in [5.41, 5.74) is 1.41. The van der Waals surface area contributed by atoms with E-state index >= 15 is 0 Å². The zero-order valence-electron chi connectivity index (χ0n) is 12.5. The number of carbonyl (C=O) groups is 2. The minimum Gasteiger partial charge on any atom is -0.353 e. The topological polar surface area (TPSA) is 55.8 Å². The summed E-state index contributed by atoms with van der Waals surface area (Å²) in [7, 11) is 0. The first-order chi connectivity index (χ1) is 10.2. The van der Waals surface area contributed by atoms with Crippen LogP contribution in [-0.4, -0.2) is 42.8 Å². The van der Waals surface area contributed by atoms with E-state index in [0.29, 0.717) is 31.7 Å². The molecule has 2 rings (SSSR count). The molecule has 5 nitrogen and oxygen atoms in total. The molecule has 114 valence electrons. The molecule has 0 fully saturated rings. The Morgan fingerprint density at radius 2 is 1.81 bits per heavy atom. The first-order valence-corrected chi connectivity index (χ1v) is 7.33. The van der Waals surface area contributed by atoms with Crippen LogP contribution >= 0.6 is 0 Å². The van der Waals surface area contributed by atoms with E-state index in [1.807, 2.05) is 32.0 Å². The lowest BCUT2D eigenvalue weighted by molar-refractivity contribution is -0.144. The molecule has 2 amide bonds. The summed E-state index contributed by atoms with van der Waals surface area (Å²) in [6.45, 7) is 5.17. The maximum absolute atomic E-state index is 12.4. The zero-order valence-corrected chi connectivity index (χ0v) is 12.5. The van der Waals surface area contributed by atoms with E-state index < -0.39 is 0 Å². The molecule has 0 aliphatic carbocycles. The summed E-state index contributed by atoms with van der Waals surface area (Å²) < 4.78 is 10.9. The summed E-state index contributed by atoms with van der Waals surface area (Å²) in [4.78, 5) is 25.8. The molecule has 1 aromatic carbocycles. The van der Waals surface area contributed by atoms with Crippen LogP contribution in [0.1, 0.15) is 36.2 Å². The van der Waals surface area contributed by atoms with Crippen molar-refractivity contribution in [1.82, 2.24) is 4.90 Å². The van der Waals surface area contributed by atoms with Gasteiger partial charge < -0.3 is 9.47 Å². The number of carbonyl (C=O) groups excluding carboxylic acids is 2. The van der Waals surface area contributed by atoms with Gasteiger partial charge in [0.05, 0.1) is 6.42 Å². The number of amides is 2. The molecule has 21 heavy (non-hydrogen) atoms. The third-order valence-corrected chi connectivity index (χ3v) is 3.43. The Morgan fingerprint density at radius 3 is 2.48 bits per heavy atom. The zero-order chi connectivity index (χ0) is 15.2. The predicted octanol–water partition coefficient (Wildman–Crippen LogP) is 2.00. The quantitative estimate of drug-likeness (QED) is 0.569. The van der Waals surface area contributed by atoms with Gasteiger partial charge in [0.25, 0.3) is 5.91 Å². The molecule has 1 aliphatic rings. The van der Waals surface area contributed by atoms with Crippen LogP contribution in [0.4, 0.5) is 0 Å². The molecule has 1 aliphatic heterocycles. The van der Waals surface area contributed by atoms with Crippen molar-refractivity contribution < 1.29 is 19.1 Å². The molecule has 0 N–H and O–H groups in total. The SMILES string of the molecule is CCOC(CCN1C(=O)Cc2ccccc2C1=O)OCC. The van der Waals surface area contributed by atoms with E-state index in [2.05, 4.69) is 0 Å². The minimum absolute atomic E-state index is 0.162. The second-order valence-electron chi connectivity index (χ2n) is 4.81. The maximum atomic E-state index is 12.4. The van der Waals surface area contributed by atoms with Gasteiger partial charge in [-0.1, -0.05) is 18.2 Å². The van der Waals surface area contributed by atoms with Gasteiger partial charge in [-0.2, -0.15) is 0 Å². The summed E-state index contributed by atoms with van der Waals surface area (Å²) in [5, 5.41) is 0. The van der Waals surface area contributed by atoms with Crippen LogP contribution < -0.4 is 0 Å². The molecule has 0 bridgehead atoms. The Morgan fingerprint density at radius 1 is 1.14 bits per heavy atom. The van der Waals surface area contributed by atoms with Crippen LogP contribution in [-0.2, 0) is 20.7 Å². The molecular formula is C16H21NO4. The van der Waals surface area contributed by atoms with Crippen molar-refractivity contribution in [3.05, 3.63) is 35.4 Å². The van der Waals surface area contributed by atoms with Crippen molar-refractivity contribution in [2.24, 2.45) is 0 Å². The number of ether oxygens (including phenoxy) is 2. The molecular weight excluding hydrogens is 270 g/mol. The van der Waals surface area contributed by atoms with Crippen molar-refractivity contribution in [3.63, 3.8) is 0 Å². The lowest BCUT2D eigenvalue weighted by atomic mass is 9.98. The fourth-order valence-electron chi connectivity index (χ4n) is 2.45. The third kappa shape index (κ3) is 3.68. The molecule has 5 heteroatoms. The van der Waals surface area contributed by atoms with Gasteiger partial charge in [0.2, 0.25) is 5.91 Å². The van der Waals surface area contributed by atoms with Crippen molar-refractivity contribution in [3.8, 4) is 0 Å². The summed E-state index contributed by atoms with van der Waals surface area (Å²) in [6, 6.07) is 7.24. The van der Waals surface area contributed by atoms with Crippen LogP contribution in [0.15, 0.2) is 24.3 Å². The molecule has 0 saturated carbocycles. The van der Waals surface area contributed by atoms with E-state index in [4.69, 9.17) is 9.47 Å². The van der Waals surface area contributed by atoms with Crippen LogP contribution in [0.3, 0.4) is 0 Å². The summed E-state index contributed by atoms with van der Waals surface area (Å²) >= 11 is 0. The third-order valence-electron chi connectivity index (χ3n) is 3.43. The lowest BCUT2D eigenvalue weighted by Crippen LogP contribution is -2.43. The van der Waals surface area contributed by atoms with E-state index in [0.717, 1.165) is 5.56 Å². The molecule has 0 saturated heterocycles.